The molecule has 5 heteroatoms. The van der Waals surface area contributed by atoms with Crippen LogP contribution in [-0.4, -0.2) is 26.2 Å². The molecular formula is C15H24N2O3. The molecule has 0 saturated heterocycles. The van der Waals surface area contributed by atoms with E-state index in [9.17, 15) is 4.79 Å². The van der Waals surface area contributed by atoms with Gasteiger partial charge in [-0.2, -0.15) is 0 Å². The summed E-state index contributed by atoms with van der Waals surface area (Å²) in [6.45, 7) is 6.19. The lowest BCUT2D eigenvalue weighted by molar-refractivity contribution is 0.0925. The van der Waals surface area contributed by atoms with Crippen molar-refractivity contribution in [3.05, 3.63) is 17.7 Å². The number of amides is 1. The van der Waals surface area contributed by atoms with Gasteiger partial charge in [0, 0.05) is 12.1 Å². The maximum Gasteiger partial charge on any atom is 0.253 e. The Bertz CT molecular complexity index is 472. The first-order valence-corrected chi connectivity index (χ1v) is 6.76. The Morgan fingerprint density at radius 2 is 1.95 bits per heavy atom. The van der Waals surface area contributed by atoms with E-state index in [0.29, 0.717) is 28.7 Å². The highest BCUT2D eigenvalue weighted by Crippen LogP contribution is 2.31. The van der Waals surface area contributed by atoms with Crippen LogP contribution in [0.25, 0.3) is 0 Å². The number of nitrogens with one attached hydrogen (secondary N) is 1. The summed E-state index contributed by atoms with van der Waals surface area (Å²) >= 11 is 0. The number of methoxy groups -OCH3 is 2. The van der Waals surface area contributed by atoms with Crippen LogP contribution in [0.2, 0.25) is 0 Å². The Balaban J connectivity index is 3.08. The molecule has 0 radical (unpaired) electrons. The minimum atomic E-state index is -0.208. The van der Waals surface area contributed by atoms with E-state index in [1.807, 2.05) is 6.92 Å². The molecule has 1 atom stereocenters. The predicted molar refractivity (Wildman–Crippen MR) is 80.3 cm³/mol. The molecule has 1 aromatic rings. The summed E-state index contributed by atoms with van der Waals surface area (Å²) < 4.78 is 10.3. The summed E-state index contributed by atoms with van der Waals surface area (Å²) in [6, 6.07) is 3.39. The lowest BCUT2D eigenvalue weighted by Gasteiger charge is -2.21. The summed E-state index contributed by atoms with van der Waals surface area (Å²) in [5, 5.41) is 3.00. The second kappa shape index (κ2) is 7.03. The van der Waals surface area contributed by atoms with E-state index in [-0.39, 0.29) is 11.9 Å². The molecule has 0 spiro atoms. The lowest BCUT2D eigenvalue weighted by Crippen LogP contribution is -2.38. The topological polar surface area (TPSA) is 73.6 Å². The lowest BCUT2D eigenvalue weighted by atomic mass is 10.0. The molecule has 3 N–H and O–H groups in total. The number of hydrogen-bond donors (Lipinski definition) is 2. The summed E-state index contributed by atoms with van der Waals surface area (Å²) in [5.74, 6) is 1.13. The van der Waals surface area contributed by atoms with Gasteiger partial charge in [-0.05, 0) is 18.4 Å². The molecule has 5 nitrogen and oxygen atoms in total. The Hall–Kier alpha value is -1.91. The SMILES string of the molecule is CCC(NC(=O)c1cc(OC)cc(OC)c1N)C(C)C. The zero-order valence-corrected chi connectivity index (χ0v) is 12.8. The summed E-state index contributed by atoms with van der Waals surface area (Å²) in [4.78, 5) is 12.4. The number of ether oxygens (including phenoxy) is 2. The normalized spacial score (nSPS) is 12.1. The number of nitrogens with two attached hydrogens (primary N) is 1. The van der Waals surface area contributed by atoms with Gasteiger partial charge in [-0.25, -0.2) is 0 Å². The number of carbonyl (C=O) groups excluding carboxylic acids is 1. The van der Waals surface area contributed by atoms with Gasteiger partial charge in [0.05, 0.1) is 25.5 Å². The van der Waals surface area contributed by atoms with E-state index in [4.69, 9.17) is 15.2 Å². The van der Waals surface area contributed by atoms with Crippen molar-refractivity contribution < 1.29 is 14.3 Å². The molecule has 0 aliphatic heterocycles. The third-order valence-corrected chi connectivity index (χ3v) is 3.38. The van der Waals surface area contributed by atoms with Crippen LogP contribution >= 0.6 is 0 Å². The molecule has 112 valence electrons. The first-order chi connectivity index (χ1) is 9.44. The zero-order chi connectivity index (χ0) is 15.3. The minimum Gasteiger partial charge on any atom is -0.497 e. The second-order valence-electron chi connectivity index (χ2n) is 5.02. The zero-order valence-electron chi connectivity index (χ0n) is 12.8. The number of benzene rings is 1. The van der Waals surface area contributed by atoms with E-state index in [1.54, 1.807) is 12.1 Å². The van der Waals surface area contributed by atoms with Crippen molar-refractivity contribution in [3.8, 4) is 11.5 Å². The molecule has 0 saturated carbocycles. The van der Waals surface area contributed by atoms with Crippen molar-refractivity contribution >= 4 is 11.6 Å². The maximum atomic E-state index is 12.4. The molecule has 20 heavy (non-hydrogen) atoms. The summed E-state index contributed by atoms with van der Waals surface area (Å²) in [7, 11) is 3.05. The molecule has 1 amide bonds. The predicted octanol–water partition coefficient (Wildman–Crippen LogP) is 2.45. The van der Waals surface area contributed by atoms with Crippen molar-refractivity contribution in [3.63, 3.8) is 0 Å². The quantitative estimate of drug-likeness (QED) is 0.785. The van der Waals surface area contributed by atoms with E-state index >= 15 is 0 Å². The van der Waals surface area contributed by atoms with Gasteiger partial charge in [0.15, 0.2) is 0 Å². The number of hydrogen-bond acceptors (Lipinski definition) is 4. The van der Waals surface area contributed by atoms with Crippen LogP contribution in [0.4, 0.5) is 5.69 Å². The van der Waals surface area contributed by atoms with Crippen LogP contribution in [-0.2, 0) is 0 Å². The van der Waals surface area contributed by atoms with Crippen LogP contribution < -0.4 is 20.5 Å². The molecule has 0 aliphatic rings. The van der Waals surface area contributed by atoms with Gasteiger partial charge in [-0.1, -0.05) is 20.8 Å². The Kier molecular flexibility index (Phi) is 5.67. The van der Waals surface area contributed by atoms with Gasteiger partial charge in [-0.15, -0.1) is 0 Å². The van der Waals surface area contributed by atoms with Crippen molar-refractivity contribution in [2.24, 2.45) is 5.92 Å². The fourth-order valence-corrected chi connectivity index (χ4v) is 2.06. The van der Waals surface area contributed by atoms with E-state index < -0.39 is 0 Å². The molecule has 0 aromatic heterocycles. The Labute approximate surface area is 120 Å². The van der Waals surface area contributed by atoms with Gasteiger partial charge >= 0.3 is 0 Å². The maximum absolute atomic E-state index is 12.4. The molecule has 0 fully saturated rings. The number of carbonyl (C=O) groups is 1. The van der Waals surface area contributed by atoms with Gasteiger partial charge in [-0.3, -0.25) is 4.79 Å². The van der Waals surface area contributed by atoms with Gasteiger partial charge in [0.2, 0.25) is 0 Å². The molecule has 0 bridgehead atoms. The third-order valence-electron chi connectivity index (χ3n) is 3.38. The van der Waals surface area contributed by atoms with Crippen molar-refractivity contribution in [2.75, 3.05) is 20.0 Å². The van der Waals surface area contributed by atoms with Gasteiger partial charge < -0.3 is 20.5 Å². The van der Waals surface area contributed by atoms with Crippen LogP contribution in [0.5, 0.6) is 11.5 Å². The van der Waals surface area contributed by atoms with Crippen molar-refractivity contribution in [2.45, 2.75) is 33.2 Å². The van der Waals surface area contributed by atoms with Crippen LogP contribution in [0.1, 0.15) is 37.6 Å². The minimum absolute atomic E-state index is 0.110. The van der Waals surface area contributed by atoms with Crippen molar-refractivity contribution in [1.29, 1.82) is 0 Å². The fourth-order valence-electron chi connectivity index (χ4n) is 2.06. The molecule has 1 unspecified atom stereocenters. The first-order valence-electron chi connectivity index (χ1n) is 6.76. The largest absolute Gasteiger partial charge is 0.497 e. The first kappa shape index (κ1) is 16.1. The van der Waals surface area contributed by atoms with E-state index in [1.165, 1.54) is 14.2 Å². The second-order valence-corrected chi connectivity index (χ2v) is 5.02. The number of anilines is 1. The fraction of sp³-hybridized carbons (Fsp3) is 0.533. The van der Waals surface area contributed by atoms with Crippen LogP contribution in [0.15, 0.2) is 12.1 Å². The summed E-state index contributed by atoms with van der Waals surface area (Å²) in [6.07, 6.45) is 0.865. The van der Waals surface area contributed by atoms with Gasteiger partial charge in [0.25, 0.3) is 5.91 Å². The van der Waals surface area contributed by atoms with Crippen molar-refractivity contribution in [1.82, 2.24) is 5.32 Å². The standard InChI is InChI=1S/C15H24N2O3/c1-6-12(9(2)3)17-15(18)11-7-10(19-4)8-13(20-5)14(11)16/h7-9,12H,6,16H2,1-5H3,(H,17,18). The average Bonchev–Trinajstić information content (AvgIpc) is 2.44. The molecular weight excluding hydrogens is 256 g/mol. The monoisotopic (exact) mass is 280 g/mol. The smallest absolute Gasteiger partial charge is 0.253 e. The Morgan fingerprint density at radius 3 is 2.40 bits per heavy atom. The average molecular weight is 280 g/mol. The number of rotatable bonds is 6. The van der Waals surface area contributed by atoms with Crippen LogP contribution in [0, 0.1) is 5.92 Å². The Morgan fingerprint density at radius 1 is 1.30 bits per heavy atom. The molecule has 1 rings (SSSR count). The molecule has 0 aliphatic carbocycles. The van der Waals surface area contributed by atoms with Gasteiger partial charge in [0.1, 0.15) is 11.5 Å². The van der Waals surface area contributed by atoms with E-state index in [2.05, 4.69) is 19.2 Å². The summed E-state index contributed by atoms with van der Waals surface area (Å²) in [5.41, 5.74) is 6.67. The highest BCUT2D eigenvalue weighted by Gasteiger charge is 2.20. The number of nitrogen functional groups attached to an aromatic ring is 1. The van der Waals surface area contributed by atoms with Crippen LogP contribution in [0.3, 0.4) is 0 Å². The highest BCUT2D eigenvalue weighted by atomic mass is 16.5. The highest BCUT2D eigenvalue weighted by molar-refractivity contribution is 6.01. The van der Waals surface area contributed by atoms with E-state index in [0.717, 1.165) is 6.42 Å². The molecule has 1 aromatic carbocycles. The third kappa shape index (κ3) is 3.56. The molecule has 0 heterocycles.